The predicted octanol–water partition coefficient (Wildman–Crippen LogP) is 1.71. The van der Waals surface area contributed by atoms with Crippen LogP contribution in [-0.2, 0) is 19.1 Å². The van der Waals surface area contributed by atoms with Gasteiger partial charge in [0.1, 0.15) is 0 Å². The number of rotatable bonds is 5. The van der Waals surface area contributed by atoms with Gasteiger partial charge >= 0.3 is 12.1 Å². The molecule has 1 atom stereocenters. The molecule has 0 aliphatic carbocycles. The lowest BCUT2D eigenvalue weighted by molar-refractivity contribution is -0.192. The maximum absolute atomic E-state index is 11.7. The number of halogens is 3. The largest absolute Gasteiger partial charge is 0.490 e. The van der Waals surface area contributed by atoms with Crippen LogP contribution in [0.15, 0.2) is 0 Å². The molecule has 1 amide bonds. The number of carbonyl (C=O) groups is 2. The van der Waals surface area contributed by atoms with Crippen molar-refractivity contribution in [2.75, 3.05) is 59.3 Å². The zero-order valence-corrected chi connectivity index (χ0v) is 17.6. The summed E-state index contributed by atoms with van der Waals surface area (Å²) in [5.74, 6) is -0.762. The van der Waals surface area contributed by atoms with Gasteiger partial charge in [0.15, 0.2) is 0 Å². The second-order valence-corrected chi connectivity index (χ2v) is 9.43. The van der Waals surface area contributed by atoms with Gasteiger partial charge in [-0.2, -0.15) is 13.2 Å². The van der Waals surface area contributed by atoms with Crippen LogP contribution in [0.25, 0.3) is 0 Å². The maximum atomic E-state index is 11.7. The zero-order chi connectivity index (χ0) is 21.7. The third-order valence-corrected chi connectivity index (χ3v) is 6.78. The molecule has 0 aromatic carbocycles. The normalized spacial score (nSPS) is 24.5. The van der Waals surface area contributed by atoms with E-state index < -0.39 is 12.1 Å². The molecule has 3 rings (SSSR count). The standard InChI is InChI=1S/C16H28N2O3S.C2HF3O2/c1-17(2)15(19)8-18-11-16(12-18)7-14(10-22-16)21-9-13-3-5-20-6-4-13;3-2(4,5)1(6)7/h13-14H,3-12H2,1-2H3;(H,6,7). The third kappa shape index (κ3) is 7.62. The van der Waals surface area contributed by atoms with Crippen LogP contribution in [0.3, 0.4) is 0 Å². The molecule has 3 saturated heterocycles. The number of nitrogens with zero attached hydrogens (tertiary/aromatic N) is 2. The van der Waals surface area contributed by atoms with Crippen molar-refractivity contribution in [1.29, 1.82) is 0 Å². The second kappa shape index (κ2) is 10.3. The van der Waals surface area contributed by atoms with Crippen LogP contribution in [0.1, 0.15) is 19.3 Å². The highest BCUT2D eigenvalue weighted by Gasteiger charge is 2.49. The van der Waals surface area contributed by atoms with Gasteiger partial charge in [0.05, 0.1) is 12.6 Å². The van der Waals surface area contributed by atoms with Gasteiger partial charge in [-0.3, -0.25) is 9.69 Å². The first-order valence-corrected chi connectivity index (χ1v) is 10.6. The van der Waals surface area contributed by atoms with Crippen LogP contribution in [0.5, 0.6) is 0 Å². The Bertz CT molecular complexity index is 564. The first-order chi connectivity index (χ1) is 13.5. The lowest BCUT2D eigenvalue weighted by atomic mass is 9.93. The fourth-order valence-electron chi connectivity index (χ4n) is 3.53. The number of hydrogen-bond acceptors (Lipinski definition) is 6. The van der Waals surface area contributed by atoms with E-state index in [0.29, 0.717) is 23.3 Å². The number of amides is 1. The van der Waals surface area contributed by atoms with Gasteiger partial charge in [-0.1, -0.05) is 0 Å². The molecule has 3 aliphatic rings. The molecule has 0 aromatic heterocycles. The summed E-state index contributed by atoms with van der Waals surface area (Å²) in [5, 5.41) is 7.12. The Hall–Kier alpha value is -1.04. The molecule has 3 fully saturated rings. The van der Waals surface area contributed by atoms with Gasteiger partial charge < -0.3 is 19.5 Å². The SMILES string of the molecule is CN(C)C(=O)CN1CC2(CC(OCC3CCOCC3)CS2)C1.O=C(O)C(F)(F)F. The smallest absolute Gasteiger partial charge is 0.475 e. The van der Waals surface area contributed by atoms with E-state index in [4.69, 9.17) is 19.4 Å². The highest BCUT2D eigenvalue weighted by atomic mass is 32.2. The number of carbonyl (C=O) groups excluding carboxylic acids is 1. The number of hydrogen-bond donors (Lipinski definition) is 1. The van der Waals surface area contributed by atoms with Crippen molar-refractivity contribution in [3.63, 3.8) is 0 Å². The average Bonchev–Trinajstić information content (AvgIpc) is 3.04. The monoisotopic (exact) mass is 442 g/mol. The van der Waals surface area contributed by atoms with Gasteiger partial charge in [0.2, 0.25) is 5.91 Å². The van der Waals surface area contributed by atoms with Crippen molar-refractivity contribution >= 4 is 23.6 Å². The van der Waals surface area contributed by atoms with E-state index in [9.17, 15) is 18.0 Å². The predicted molar refractivity (Wildman–Crippen MR) is 102 cm³/mol. The Morgan fingerprint density at radius 3 is 2.38 bits per heavy atom. The van der Waals surface area contributed by atoms with Gasteiger partial charge in [0, 0.05) is 57.5 Å². The molecule has 3 aliphatic heterocycles. The Morgan fingerprint density at radius 1 is 1.28 bits per heavy atom. The first-order valence-electron chi connectivity index (χ1n) is 9.57. The first kappa shape index (κ1) is 24.2. The number of alkyl halides is 3. The second-order valence-electron chi connectivity index (χ2n) is 7.95. The molecule has 1 spiro atoms. The third-order valence-electron chi connectivity index (χ3n) is 5.21. The molecule has 1 N–H and O–H groups in total. The van der Waals surface area contributed by atoms with Crippen molar-refractivity contribution < 1.29 is 37.3 Å². The van der Waals surface area contributed by atoms with Gasteiger partial charge in [-0.05, 0) is 25.2 Å². The van der Waals surface area contributed by atoms with Crippen LogP contribution in [0.2, 0.25) is 0 Å². The number of aliphatic carboxylic acids is 1. The van der Waals surface area contributed by atoms with Crippen molar-refractivity contribution in [1.82, 2.24) is 9.80 Å². The van der Waals surface area contributed by atoms with Crippen molar-refractivity contribution in [2.24, 2.45) is 5.92 Å². The Kier molecular flexibility index (Phi) is 8.62. The molecular weight excluding hydrogens is 413 g/mol. The van der Waals surface area contributed by atoms with E-state index in [-0.39, 0.29) is 5.91 Å². The molecule has 29 heavy (non-hydrogen) atoms. The summed E-state index contributed by atoms with van der Waals surface area (Å²) in [6, 6.07) is 0. The number of carboxylic acid groups (broad SMARTS) is 1. The molecule has 1 unspecified atom stereocenters. The lowest BCUT2D eigenvalue weighted by Crippen LogP contribution is -2.60. The minimum Gasteiger partial charge on any atom is -0.475 e. The van der Waals surface area contributed by atoms with Gasteiger partial charge in [0.25, 0.3) is 0 Å². The van der Waals surface area contributed by atoms with Crippen LogP contribution in [0, 0.1) is 5.92 Å². The van der Waals surface area contributed by atoms with E-state index in [2.05, 4.69) is 4.90 Å². The quantitative estimate of drug-likeness (QED) is 0.695. The highest BCUT2D eigenvalue weighted by molar-refractivity contribution is 8.01. The molecular formula is C18H29F3N2O5S. The molecule has 0 bridgehead atoms. The lowest BCUT2D eigenvalue weighted by Gasteiger charge is -2.47. The van der Waals surface area contributed by atoms with Crippen LogP contribution >= 0.6 is 11.8 Å². The Morgan fingerprint density at radius 2 is 1.86 bits per heavy atom. The molecule has 3 heterocycles. The summed E-state index contributed by atoms with van der Waals surface area (Å²) in [4.78, 5) is 24.6. The minimum atomic E-state index is -5.08. The van der Waals surface area contributed by atoms with Crippen molar-refractivity contribution in [3.05, 3.63) is 0 Å². The summed E-state index contributed by atoms with van der Waals surface area (Å²) in [7, 11) is 3.64. The highest BCUT2D eigenvalue weighted by Crippen LogP contribution is 2.46. The Labute approximate surface area is 172 Å². The zero-order valence-electron chi connectivity index (χ0n) is 16.7. The van der Waals surface area contributed by atoms with Crippen molar-refractivity contribution in [2.45, 2.75) is 36.3 Å². The van der Waals surface area contributed by atoms with E-state index in [1.165, 1.54) is 0 Å². The number of likely N-dealkylation sites (N-methyl/N-ethyl adjacent to an activating group) is 1. The van der Waals surface area contributed by atoms with Crippen LogP contribution < -0.4 is 0 Å². The number of carboxylic acids is 1. The van der Waals surface area contributed by atoms with Gasteiger partial charge in [-0.25, -0.2) is 4.79 Å². The minimum absolute atomic E-state index is 0.199. The molecule has 0 radical (unpaired) electrons. The molecule has 7 nitrogen and oxygen atoms in total. The number of thioether (sulfide) groups is 1. The van der Waals surface area contributed by atoms with E-state index in [0.717, 1.165) is 57.9 Å². The molecule has 11 heteroatoms. The molecule has 0 saturated carbocycles. The summed E-state index contributed by atoms with van der Waals surface area (Å²) >= 11 is 2.05. The molecule has 168 valence electrons. The van der Waals surface area contributed by atoms with E-state index in [1.807, 2.05) is 25.9 Å². The molecule has 0 aromatic rings. The van der Waals surface area contributed by atoms with Gasteiger partial charge in [-0.15, -0.1) is 11.8 Å². The summed E-state index contributed by atoms with van der Waals surface area (Å²) in [5.41, 5.74) is 0. The van der Waals surface area contributed by atoms with E-state index in [1.54, 1.807) is 4.90 Å². The average molecular weight is 443 g/mol. The maximum Gasteiger partial charge on any atom is 0.490 e. The number of ether oxygens (including phenoxy) is 2. The van der Waals surface area contributed by atoms with Crippen LogP contribution in [0.4, 0.5) is 13.2 Å². The fraction of sp³-hybridized carbons (Fsp3) is 0.889. The van der Waals surface area contributed by atoms with Crippen molar-refractivity contribution in [3.8, 4) is 0 Å². The Balaban J connectivity index is 0.000000370. The summed E-state index contributed by atoms with van der Waals surface area (Å²) in [6.45, 7) is 5.32. The summed E-state index contributed by atoms with van der Waals surface area (Å²) in [6.07, 6.45) is -1.25. The number of likely N-dealkylation sites (tertiary alicyclic amines) is 1. The topological polar surface area (TPSA) is 79.3 Å². The van der Waals surface area contributed by atoms with E-state index >= 15 is 0 Å². The van der Waals surface area contributed by atoms with Crippen LogP contribution in [-0.4, -0.2) is 103 Å². The fourth-order valence-corrected chi connectivity index (χ4v) is 5.13. The summed E-state index contributed by atoms with van der Waals surface area (Å²) < 4.78 is 43.6.